The Balaban J connectivity index is 1.22. The average Bonchev–Trinajstić information content (AvgIpc) is 2.85. The number of nitrogens with zero attached hydrogens (tertiary/aromatic N) is 2. The standard InChI is InChI=1S/C27H23FN2O3/c28-21-10-7-18(8-11-21)9-12-24(31)29-15-13-19(14-16-29)17-30-26(32)22-5-1-3-20-4-2-6-23(25(20)22)27(30)33/h1-12,19H,13-17H2/b12-9+. The summed E-state index contributed by atoms with van der Waals surface area (Å²) in [6.07, 6.45) is 4.62. The summed E-state index contributed by atoms with van der Waals surface area (Å²) in [4.78, 5) is 41.9. The second-order valence-electron chi connectivity index (χ2n) is 8.58. The monoisotopic (exact) mass is 442 g/mol. The van der Waals surface area contributed by atoms with Crippen LogP contribution >= 0.6 is 0 Å². The van der Waals surface area contributed by atoms with Crippen molar-refractivity contribution in [2.45, 2.75) is 12.8 Å². The summed E-state index contributed by atoms with van der Waals surface area (Å²) >= 11 is 0. The van der Waals surface area contributed by atoms with Crippen LogP contribution in [0, 0.1) is 11.7 Å². The second kappa shape index (κ2) is 8.62. The Morgan fingerprint density at radius 2 is 1.52 bits per heavy atom. The second-order valence-corrected chi connectivity index (χ2v) is 8.58. The molecule has 1 fully saturated rings. The largest absolute Gasteiger partial charge is 0.339 e. The lowest BCUT2D eigenvalue weighted by Crippen LogP contribution is -2.46. The molecule has 2 aliphatic heterocycles. The van der Waals surface area contributed by atoms with Gasteiger partial charge in [-0.15, -0.1) is 0 Å². The zero-order valence-corrected chi connectivity index (χ0v) is 18.0. The van der Waals surface area contributed by atoms with E-state index in [1.165, 1.54) is 23.1 Å². The van der Waals surface area contributed by atoms with Gasteiger partial charge in [-0.25, -0.2) is 4.39 Å². The topological polar surface area (TPSA) is 57.7 Å². The lowest BCUT2D eigenvalue weighted by Gasteiger charge is -2.35. The van der Waals surface area contributed by atoms with Gasteiger partial charge >= 0.3 is 0 Å². The molecule has 0 radical (unpaired) electrons. The van der Waals surface area contributed by atoms with Crippen molar-refractivity contribution in [3.8, 4) is 0 Å². The van der Waals surface area contributed by atoms with Crippen molar-refractivity contribution in [3.05, 3.63) is 89.2 Å². The summed E-state index contributed by atoms with van der Waals surface area (Å²) in [5, 5.41) is 1.63. The van der Waals surface area contributed by atoms with E-state index in [0.29, 0.717) is 30.8 Å². The molecule has 2 heterocycles. The van der Waals surface area contributed by atoms with Gasteiger partial charge in [-0.3, -0.25) is 19.3 Å². The molecule has 3 aromatic rings. The van der Waals surface area contributed by atoms with Gasteiger partial charge in [0.25, 0.3) is 11.8 Å². The fraction of sp³-hybridized carbons (Fsp3) is 0.222. The summed E-state index contributed by atoms with van der Waals surface area (Å²) in [5.74, 6) is -0.752. The number of piperidine rings is 1. The lowest BCUT2D eigenvalue weighted by atomic mass is 9.91. The fourth-order valence-electron chi connectivity index (χ4n) is 4.69. The van der Waals surface area contributed by atoms with Crippen molar-refractivity contribution in [2.75, 3.05) is 19.6 Å². The third-order valence-electron chi connectivity index (χ3n) is 6.51. The summed E-state index contributed by atoms with van der Waals surface area (Å²) in [6.45, 7) is 1.50. The smallest absolute Gasteiger partial charge is 0.261 e. The maximum absolute atomic E-state index is 13.1. The molecule has 6 heteroatoms. The van der Waals surface area contributed by atoms with Crippen LogP contribution in [0.1, 0.15) is 39.1 Å². The van der Waals surface area contributed by atoms with Crippen LogP contribution in [0.4, 0.5) is 4.39 Å². The molecule has 0 unspecified atom stereocenters. The normalized spacial score (nSPS) is 16.8. The molecule has 0 saturated carbocycles. The van der Waals surface area contributed by atoms with Crippen molar-refractivity contribution in [1.29, 1.82) is 0 Å². The van der Waals surface area contributed by atoms with E-state index in [2.05, 4.69) is 0 Å². The number of rotatable bonds is 4. The van der Waals surface area contributed by atoms with Crippen molar-refractivity contribution in [1.82, 2.24) is 9.80 Å². The molecule has 2 aliphatic rings. The van der Waals surface area contributed by atoms with Crippen LogP contribution in [0.2, 0.25) is 0 Å². The fourth-order valence-corrected chi connectivity index (χ4v) is 4.69. The van der Waals surface area contributed by atoms with Crippen LogP contribution in [0.3, 0.4) is 0 Å². The van der Waals surface area contributed by atoms with E-state index in [0.717, 1.165) is 29.2 Å². The molecule has 0 aromatic heterocycles. The van der Waals surface area contributed by atoms with Gasteiger partial charge in [0.2, 0.25) is 5.91 Å². The van der Waals surface area contributed by atoms with E-state index < -0.39 is 0 Å². The van der Waals surface area contributed by atoms with Gasteiger partial charge in [-0.2, -0.15) is 0 Å². The van der Waals surface area contributed by atoms with E-state index in [1.54, 1.807) is 35.2 Å². The van der Waals surface area contributed by atoms with Gasteiger partial charge in [0.15, 0.2) is 0 Å². The van der Waals surface area contributed by atoms with Gasteiger partial charge < -0.3 is 4.90 Å². The Bertz CT molecular complexity index is 1220. The van der Waals surface area contributed by atoms with Crippen LogP contribution in [0.15, 0.2) is 66.7 Å². The number of halogens is 1. The van der Waals surface area contributed by atoms with E-state index in [9.17, 15) is 18.8 Å². The molecule has 0 spiro atoms. The number of hydrogen-bond acceptors (Lipinski definition) is 3. The van der Waals surface area contributed by atoms with Gasteiger partial charge in [0.1, 0.15) is 5.82 Å². The molecule has 0 aliphatic carbocycles. The van der Waals surface area contributed by atoms with Crippen LogP contribution in [0.5, 0.6) is 0 Å². The highest BCUT2D eigenvalue weighted by atomic mass is 19.1. The predicted molar refractivity (Wildman–Crippen MR) is 124 cm³/mol. The first-order chi connectivity index (χ1) is 16.0. The van der Waals surface area contributed by atoms with E-state index in [4.69, 9.17) is 0 Å². The van der Waals surface area contributed by atoms with Gasteiger partial charge in [0.05, 0.1) is 0 Å². The summed E-state index contributed by atoms with van der Waals surface area (Å²) < 4.78 is 13.0. The van der Waals surface area contributed by atoms with Crippen LogP contribution in [-0.4, -0.2) is 47.2 Å². The maximum Gasteiger partial charge on any atom is 0.261 e. The van der Waals surface area contributed by atoms with Crippen LogP contribution in [0.25, 0.3) is 16.8 Å². The zero-order valence-electron chi connectivity index (χ0n) is 18.0. The molecule has 0 N–H and O–H groups in total. The summed E-state index contributed by atoms with van der Waals surface area (Å²) in [7, 11) is 0. The number of benzene rings is 3. The first-order valence-corrected chi connectivity index (χ1v) is 11.1. The maximum atomic E-state index is 13.1. The minimum atomic E-state index is -0.314. The predicted octanol–water partition coefficient (Wildman–Crippen LogP) is 4.53. The molecular weight excluding hydrogens is 419 g/mol. The molecular formula is C27H23FN2O3. The third-order valence-corrected chi connectivity index (χ3v) is 6.51. The highest BCUT2D eigenvalue weighted by molar-refractivity contribution is 6.25. The summed E-state index contributed by atoms with van der Waals surface area (Å²) in [6, 6.07) is 17.0. The SMILES string of the molecule is O=C(/C=C/c1ccc(F)cc1)N1CCC(CN2C(=O)c3cccc4cccc(c34)C2=O)CC1. The minimum absolute atomic E-state index is 0.0940. The summed E-state index contributed by atoms with van der Waals surface area (Å²) in [5.41, 5.74) is 1.90. The first-order valence-electron chi connectivity index (χ1n) is 11.1. The molecule has 5 rings (SSSR count). The minimum Gasteiger partial charge on any atom is -0.339 e. The van der Waals surface area contributed by atoms with E-state index in [1.807, 2.05) is 24.3 Å². The molecule has 3 aromatic carbocycles. The average molecular weight is 442 g/mol. The van der Waals surface area contributed by atoms with Crippen molar-refractivity contribution in [2.24, 2.45) is 5.92 Å². The van der Waals surface area contributed by atoms with Gasteiger partial charge in [0, 0.05) is 42.2 Å². The van der Waals surface area contributed by atoms with Gasteiger partial charge in [-0.1, -0.05) is 36.4 Å². The number of amides is 3. The molecule has 3 amide bonds. The van der Waals surface area contributed by atoms with E-state index >= 15 is 0 Å². The van der Waals surface area contributed by atoms with E-state index in [-0.39, 0.29) is 29.5 Å². The number of likely N-dealkylation sites (tertiary alicyclic amines) is 1. The molecule has 0 atom stereocenters. The van der Waals surface area contributed by atoms with Crippen molar-refractivity contribution >= 4 is 34.6 Å². The van der Waals surface area contributed by atoms with Crippen molar-refractivity contribution < 1.29 is 18.8 Å². The molecule has 5 nitrogen and oxygen atoms in total. The Morgan fingerprint density at radius 1 is 0.909 bits per heavy atom. The highest BCUT2D eigenvalue weighted by Crippen LogP contribution is 2.31. The Kier molecular flexibility index (Phi) is 5.50. The van der Waals surface area contributed by atoms with Crippen LogP contribution < -0.4 is 0 Å². The highest BCUT2D eigenvalue weighted by Gasteiger charge is 2.35. The third kappa shape index (κ3) is 4.04. The first kappa shape index (κ1) is 21.1. The zero-order chi connectivity index (χ0) is 22.9. The quantitative estimate of drug-likeness (QED) is 0.441. The van der Waals surface area contributed by atoms with Crippen molar-refractivity contribution in [3.63, 3.8) is 0 Å². The van der Waals surface area contributed by atoms with Gasteiger partial charge in [-0.05, 0) is 60.1 Å². The molecule has 166 valence electrons. The lowest BCUT2D eigenvalue weighted by molar-refractivity contribution is -0.127. The number of imide groups is 1. The van der Waals surface area contributed by atoms with Crippen LogP contribution in [-0.2, 0) is 4.79 Å². The number of carbonyl (C=O) groups is 3. The molecule has 1 saturated heterocycles. The Labute approximate surface area is 191 Å². The number of carbonyl (C=O) groups excluding carboxylic acids is 3. The Morgan fingerprint density at radius 3 is 2.12 bits per heavy atom. The molecule has 33 heavy (non-hydrogen) atoms. The number of hydrogen-bond donors (Lipinski definition) is 0. The molecule has 0 bridgehead atoms. The Hall–Kier alpha value is -3.80.